The van der Waals surface area contributed by atoms with Crippen molar-refractivity contribution in [2.45, 2.75) is 6.92 Å². The Morgan fingerprint density at radius 1 is 1.00 bits per heavy atom. The second-order valence-corrected chi connectivity index (χ2v) is 6.87. The van der Waals surface area contributed by atoms with Crippen molar-refractivity contribution in [3.8, 4) is 11.5 Å². The smallest absolute Gasteiger partial charge is 0.256 e. The van der Waals surface area contributed by atoms with Gasteiger partial charge in [-0.25, -0.2) is 19.0 Å². The van der Waals surface area contributed by atoms with E-state index in [1.165, 1.54) is 29.2 Å². The molecule has 31 heavy (non-hydrogen) atoms. The highest BCUT2D eigenvalue weighted by molar-refractivity contribution is 6.04. The SMILES string of the molecule is Cc1cc(NC(=O)c2cccc(F)c2)n(-c2ncnc3c2cnn3-c2ccccc2)n1. The van der Waals surface area contributed by atoms with Crippen LogP contribution in [0.4, 0.5) is 10.2 Å². The summed E-state index contributed by atoms with van der Waals surface area (Å²) in [6.07, 6.45) is 3.08. The minimum atomic E-state index is -0.483. The number of nitrogens with one attached hydrogen (secondary N) is 1. The Morgan fingerprint density at radius 2 is 1.84 bits per heavy atom. The van der Waals surface area contributed by atoms with E-state index in [0.717, 1.165) is 5.69 Å². The number of aryl methyl sites for hydroxylation is 1. The summed E-state index contributed by atoms with van der Waals surface area (Å²) in [5.74, 6) is -0.0665. The summed E-state index contributed by atoms with van der Waals surface area (Å²) in [4.78, 5) is 21.4. The monoisotopic (exact) mass is 413 g/mol. The number of hydrogen-bond donors (Lipinski definition) is 1. The van der Waals surface area contributed by atoms with Crippen molar-refractivity contribution in [2.75, 3.05) is 5.32 Å². The van der Waals surface area contributed by atoms with Gasteiger partial charge in [-0.2, -0.15) is 14.9 Å². The number of hydrogen-bond acceptors (Lipinski definition) is 5. The third kappa shape index (κ3) is 3.42. The summed E-state index contributed by atoms with van der Waals surface area (Å²) >= 11 is 0. The Hall–Kier alpha value is -4.40. The summed E-state index contributed by atoms with van der Waals surface area (Å²) in [6.45, 7) is 1.81. The molecule has 8 nitrogen and oxygen atoms in total. The number of carbonyl (C=O) groups is 1. The van der Waals surface area contributed by atoms with Gasteiger partial charge in [0.2, 0.25) is 0 Å². The molecule has 1 N–H and O–H groups in total. The molecule has 3 heterocycles. The normalized spacial score (nSPS) is 11.0. The van der Waals surface area contributed by atoms with Crippen molar-refractivity contribution in [2.24, 2.45) is 0 Å². The largest absolute Gasteiger partial charge is 0.306 e. The number of rotatable bonds is 4. The Labute approximate surface area is 176 Å². The number of para-hydroxylation sites is 1. The maximum absolute atomic E-state index is 13.5. The van der Waals surface area contributed by atoms with Crippen LogP contribution in [0.15, 0.2) is 73.2 Å². The molecule has 0 saturated heterocycles. The second-order valence-electron chi connectivity index (χ2n) is 6.87. The van der Waals surface area contributed by atoms with E-state index < -0.39 is 11.7 Å². The molecule has 5 aromatic rings. The summed E-state index contributed by atoms with van der Waals surface area (Å²) in [5, 5.41) is 12.4. The Kier molecular flexibility index (Phi) is 4.47. The van der Waals surface area contributed by atoms with E-state index in [4.69, 9.17) is 0 Å². The molecule has 0 fully saturated rings. The van der Waals surface area contributed by atoms with E-state index in [1.807, 2.05) is 30.3 Å². The molecule has 0 saturated carbocycles. The maximum Gasteiger partial charge on any atom is 0.256 e. The highest BCUT2D eigenvalue weighted by Gasteiger charge is 2.18. The summed E-state index contributed by atoms with van der Waals surface area (Å²) in [6, 6.07) is 16.8. The second kappa shape index (κ2) is 7.45. The van der Waals surface area contributed by atoms with Gasteiger partial charge in [0.15, 0.2) is 11.5 Å². The number of halogens is 1. The lowest BCUT2D eigenvalue weighted by Crippen LogP contribution is -2.16. The molecule has 0 spiro atoms. The number of fused-ring (bicyclic) bond motifs is 1. The first-order valence-corrected chi connectivity index (χ1v) is 9.48. The van der Waals surface area contributed by atoms with Gasteiger partial charge in [0.05, 0.1) is 23.0 Å². The van der Waals surface area contributed by atoms with Crippen LogP contribution in [0.2, 0.25) is 0 Å². The molecule has 0 radical (unpaired) electrons. The summed E-state index contributed by atoms with van der Waals surface area (Å²) in [7, 11) is 0. The number of carbonyl (C=O) groups excluding carboxylic acids is 1. The molecule has 0 aliphatic heterocycles. The third-order valence-corrected chi connectivity index (χ3v) is 4.71. The van der Waals surface area contributed by atoms with E-state index in [-0.39, 0.29) is 5.56 Å². The van der Waals surface area contributed by atoms with Crippen molar-refractivity contribution in [1.82, 2.24) is 29.5 Å². The van der Waals surface area contributed by atoms with Crippen molar-refractivity contribution in [3.05, 3.63) is 90.3 Å². The van der Waals surface area contributed by atoms with Crippen molar-refractivity contribution >= 4 is 22.8 Å². The van der Waals surface area contributed by atoms with Crippen LogP contribution in [0.5, 0.6) is 0 Å². The van der Waals surface area contributed by atoms with E-state index >= 15 is 0 Å². The lowest BCUT2D eigenvalue weighted by molar-refractivity contribution is 0.102. The molecule has 0 aliphatic rings. The van der Waals surface area contributed by atoms with Crippen LogP contribution in [0.25, 0.3) is 22.5 Å². The Bertz CT molecular complexity index is 1410. The zero-order valence-electron chi connectivity index (χ0n) is 16.4. The van der Waals surface area contributed by atoms with E-state index in [1.54, 1.807) is 29.9 Å². The first-order valence-electron chi connectivity index (χ1n) is 9.48. The van der Waals surface area contributed by atoms with Gasteiger partial charge in [0, 0.05) is 11.6 Å². The van der Waals surface area contributed by atoms with Gasteiger partial charge in [0.1, 0.15) is 18.0 Å². The maximum atomic E-state index is 13.5. The molecule has 1 amide bonds. The van der Waals surface area contributed by atoms with Gasteiger partial charge in [-0.1, -0.05) is 24.3 Å². The average Bonchev–Trinajstić information content (AvgIpc) is 3.37. The fraction of sp³-hybridized carbons (Fsp3) is 0.0455. The number of aromatic nitrogens is 6. The third-order valence-electron chi connectivity index (χ3n) is 4.71. The topological polar surface area (TPSA) is 90.5 Å². The average molecular weight is 413 g/mol. The van der Waals surface area contributed by atoms with Gasteiger partial charge in [0.25, 0.3) is 5.91 Å². The fourth-order valence-electron chi connectivity index (χ4n) is 3.33. The van der Waals surface area contributed by atoms with Crippen LogP contribution >= 0.6 is 0 Å². The number of anilines is 1. The van der Waals surface area contributed by atoms with Gasteiger partial charge in [-0.3, -0.25) is 4.79 Å². The number of nitrogens with zero attached hydrogens (tertiary/aromatic N) is 6. The van der Waals surface area contributed by atoms with Crippen LogP contribution in [-0.4, -0.2) is 35.4 Å². The van der Waals surface area contributed by atoms with Crippen LogP contribution in [0.3, 0.4) is 0 Å². The summed E-state index contributed by atoms with van der Waals surface area (Å²) in [5.41, 5.74) is 2.34. The zero-order valence-corrected chi connectivity index (χ0v) is 16.4. The predicted octanol–water partition coefficient (Wildman–Crippen LogP) is 3.70. The van der Waals surface area contributed by atoms with Crippen molar-refractivity contribution in [3.63, 3.8) is 0 Å². The fourth-order valence-corrected chi connectivity index (χ4v) is 3.33. The molecule has 152 valence electrons. The first-order chi connectivity index (χ1) is 15.1. The van der Waals surface area contributed by atoms with Crippen molar-refractivity contribution < 1.29 is 9.18 Å². The Balaban J connectivity index is 1.57. The van der Waals surface area contributed by atoms with Gasteiger partial charge in [-0.05, 0) is 37.3 Å². The van der Waals surface area contributed by atoms with Crippen LogP contribution in [-0.2, 0) is 0 Å². The highest BCUT2D eigenvalue weighted by Crippen LogP contribution is 2.24. The standard InChI is InChI=1S/C22H16FN7O/c1-14-10-19(27-22(31)15-6-5-7-16(23)11-15)30(28-14)21-18-12-26-29(20(18)24-13-25-21)17-8-3-2-4-9-17/h2-13H,1H3,(H,27,31). The molecule has 0 bridgehead atoms. The van der Waals surface area contributed by atoms with Gasteiger partial charge < -0.3 is 5.32 Å². The van der Waals surface area contributed by atoms with Crippen LogP contribution < -0.4 is 5.32 Å². The minimum absolute atomic E-state index is 0.204. The first kappa shape index (κ1) is 18.6. The molecule has 0 unspecified atom stereocenters. The van der Waals surface area contributed by atoms with Crippen molar-refractivity contribution in [1.29, 1.82) is 0 Å². The molecule has 2 aromatic carbocycles. The highest BCUT2D eigenvalue weighted by atomic mass is 19.1. The quantitative estimate of drug-likeness (QED) is 0.485. The molecular weight excluding hydrogens is 397 g/mol. The number of amides is 1. The molecule has 0 aliphatic carbocycles. The molecular formula is C22H16FN7O. The predicted molar refractivity (Wildman–Crippen MR) is 113 cm³/mol. The molecule has 0 atom stereocenters. The lowest BCUT2D eigenvalue weighted by Gasteiger charge is -2.09. The van der Waals surface area contributed by atoms with Crippen LogP contribution in [0, 0.1) is 12.7 Å². The van der Waals surface area contributed by atoms with E-state index in [2.05, 4.69) is 25.5 Å². The summed E-state index contributed by atoms with van der Waals surface area (Å²) < 4.78 is 16.7. The van der Waals surface area contributed by atoms with Gasteiger partial charge in [-0.15, -0.1) is 0 Å². The molecule has 9 heteroatoms. The van der Waals surface area contributed by atoms with E-state index in [0.29, 0.717) is 28.4 Å². The molecule has 5 rings (SSSR count). The van der Waals surface area contributed by atoms with Gasteiger partial charge >= 0.3 is 0 Å². The molecule has 3 aromatic heterocycles. The Morgan fingerprint density at radius 3 is 2.65 bits per heavy atom. The lowest BCUT2D eigenvalue weighted by atomic mass is 10.2. The van der Waals surface area contributed by atoms with E-state index in [9.17, 15) is 9.18 Å². The zero-order chi connectivity index (χ0) is 21.4. The number of benzene rings is 2. The van der Waals surface area contributed by atoms with Crippen LogP contribution in [0.1, 0.15) is 16.1 Å². The minimum Gasteiger partial charge on any atom is -0.306 e.